The number of likely N-dealkylation sites (tertiary alicyclic amines) is 1. The highest BCUT2D eigenvalue weighted by Gasteiger charge is 2.30. The van der Waals surface area contributed by atoms with Gasteiger partial charge in [-0.25, -0.2) is 4.79 Å². The molecular formula is C17H32N4O3. The van der Waals surface area contributed by atoms with Gasteiger partial charge in [0.2, 0.25) is 5.91 Å². The Balaban J connectivity index is 1.67. The summed E-state index contributed by atoms with van der Waals surface area (Å²) in [5, 5.41) is 2.99. The number of nitrogens with zero attached hydrogens (tertiary/aromatic N) is 3. The molecule has 7 heteroatoms. The van der Waals surface area contributed by atoms with Crippen LogP contribution in [0, 0.1) is 5.92 Å². The molecule has 0 spiro atoms. The van der Waals surface area contributed by atoms with Crippen LogP contribution in [-0.2, 0) is 9.53 Å². The molecule has 0 aromatic carbocycles. The largest absolute Gasteiger partial charge is 0.378 e. The van der Waals surface area contributed by atoms with Crippen molar-refractivity contribution in [3.05, 3.63) is 0 Å². The van der Waals surface area contributed by atoms with Crippen molar-refractivity contribution >= 4 is 11.9 Å². The van der Waals surface area contributed by atoms with E-state index in [0.717, 1.165) is 32.5 Å². The molecule has 0 aromatic rings. The Kier molecular flexibility index (Phi) is 7.78. The number of ether oxygens (including phenoxy) is 1. The third-order valence-electron chi connectivity index (χ3n) is 5.05. The number of hydrogen-bond acceptors (Lipinski definition) is 4. The van der Waals surface area contributed by atoms with Crippen LogP contribution in [0.2, 0.25) is 0 Å². The number of hydrogen-bond donors (Lipinski definition) is 1. The molecule has 7 nitrogen and oxygen atoms in total. The zero-order valence-electron chi connectivity index (χ0n) is 15.1. The normalized spacial score (nSPS) is 19.6. The summed E-state index contributed by atoms with van der Waals surface area (Å²) < 4.78 is 5.30. The zero-order chi connectivity index (χ0) is 17.4. The number of carbonyl (C=O) groups excluding carboxylic acids is 2. The fourth-order valence-corrected chi connectivity index (χ4v) is 3.34. The number of nitrogens with one attached hydrogen (secondary N) is 1. The predicted octanol–water partition coefficient (Wildman–Crippen LogP) is 0.609. The number of amides is 3. The zero-order valence-corrected chi connectivity index (χ0v) is 15.1. The SMILES string of the molecule is CCN(CC)CCNC(=O)N1CCC(C(=O)N2CCOCC2)CC1. The van der Waals surface area contributed by atoms with Crippen molar-refractivity contribution in [1.82, 2.24) is 20.0 Å². The number of piperidine rings is 1. The van der Waals surface area contributed by atoms with Crippen molar-refractivity contribution in [2.75, 3.05) is 65.6 Å². The second-order valence-electron chi connectivity index (χ2n) is 6.46. The van der Waals surface area contributed by atoms with Gasteiger partial charge in [0.15, 0.2) is 0 Å². The molecule has 138 valence electrons. The van der Waals surface area contributed by atoms with Gasteiger partial charge in [-0.2, -0.15) is 0 Å². The number of carbonyl (C=O) groups is 2. The molecule has 2 rings (SSSR count). The van der Waals surface area contributed by atoms with Gasteiger partial charge in [-0.15, -0.1) is 0 Å². The first-order valence-electron chi connectivity index (χ1n) is 9.27. The van der Waals surface area contributed by atoms with Crippen molar-refractivity contribution in [2.45, 2.75) is 26.7 Å². The summed E-state index contributed by atoms with van der Waals surface area (Å²) in [5.74, 6) is 0.294. The highest BCUT2D eigenvalue weighted by atomic mass is 16.5. The van der Waals surface area contributed by atoms with Crippen LogP contribution < -0.4 is 5.32 Å². The van der Waals surface area contributed by atoms with E-state index >= 15 is 0 Å². The van der Waals surface area contributed by atoms with Crippen molar-refractivity contribution in [3.8, 4) is 0 Å². The second kappa shape index (κ2) is 9.84. The summed E-state index contributed by atoms with van der Waals surface area (Å²) in [4.78, 5) is 30.7. The maximum atomic E-state index is 12.5. The fraction of sp³-hybridized carbons (Fsp3) is 0.882. The topological polar surface area (TPSA) is 65.1 Å². The van der Waals surface area contributed by atoms with Crippen LogP contribution in [0.3, 0.4) is 0 Å². The Bertz CT molecular complexity index is 401. The van der Waals surface area contributed by atoms with Crippen LogP contribution in [0.4, 0.5) is 4.79 Å². The van der Waals surface area contributed by atoms with Gasteiger partial charge in [-0.1, -0.05) is 13.8 Å². The van der Waals surface area contributed by atoms with Crippen LogP contribution in [0.15, 0.2) is 0 Å². The van der Waals surface area contributed by atoms with E-state index in [9.17, 15) is 9.59 Å². The molecule has 0 aromatic heterocycles. The second-order valence-corrected chi connectivity index (χ2v) is 6.46. The Morgan fingerprint density at radius 1 is 1.04 bits per heavy atom. The molecule has 0 radical (unpaired) electrons. The van der Waals surface area contributed by atoms with Gasteiger partial charge in [0.1, 0.15) is 0 Å². The van der Waals surface area contributed by atoms with E-state index in [1.165, 1.54) is 0 Å². The molecule has 0 bridgehead atoms. The lowest BCUT2D eigenvalue weighted by Gasteiger charge is -2.35. The fourth-order valence-electron chi connectivity index (χ4n) is 3.34. The number of rotatable bonds is 6. The molecule has 2 aliphatic heterocycles. The first kappa shape index (κ1) is 19.0. The van der Waals surface area contributed by atoms with E-state index in [4.69, 9.17) is 4.74 Å². The molecule has 2 saturated heterocycles. The first-order valence-corrected chi connectivity index (χ1v) is 9.27. The van der Waals surface area contributed by atoms with Crippen LogP contribution in [0.1, 0.15) is 26.7 Å². The number of likely N-dealkylation sites (N-methyl/N-ethyl adjacent to an activating group) is 1. The highest BCUT2D eigenvalue weighted by molar-refractivity contribution is 5.80. The smallest absolute Gasteiger partial charge is 0.317 e. The quantitative estimate of drug-likeness (QED) is 0.769. The lowest BCUT2D eigenvalue weighted by Crippen LogP contribution is -2.50. The molecule has 0 unspecified atom stereocenters. The van der Waals surface area contributed by atoms with Gasteiger partial charge >= 0.3 is 6.03 Å². The maximum Gasteiger partial charge on any atom is 0.317 e. The third kappa shape index (κ3) is 5.34. The van der Waals surface area contributed by atoms with Gasteiger partial charge < -0.3 is 24.8 Å². The summed E-state index contributed by atoms with van der Waals surface area (Å²) >= 11 is 0. The first-order chi connectivity index (χ1) is 11.7. The lowest BCUT2D eigenvalue weighted by atomic mass is 9.95. The summed E-state index contributed by atoms with van der Waals surface area (Å²) in [7, 11) is 0. The minimum absolute atomic E-state index is 0.000530. The number of urea groups is 1. The molecule has 2 aliphatic rings. The van der Waals surface area contributed by atoms with Gasteiger partial charge in [-0.05, 0) is 25.9 Å². The molecule has 0 aliphatic carbocycles. The molecular weight excluding hydrogens is 308 g/mol. The summed E-state index contributed by atoms with van der Waals surface area (Å²) in [6.45, 7) is 11.8. The molecule has 24 heavy (non-hydrogen) atoms. The van der Waals surface area contributed by atoms with E-state index in [0.29, 0.717) is 45.9 Å². The van der Waals surface area contributed by atoms with Gasteiger partial charge in [-0.3, -0.25) is 4.79 Å². The van der Waals surface area contributed by atoms with Crippen LogP contribution in [0.25, 0.3) is 0 Å². The predicted molar refractivity (Wildman–Crippen MR) is 92.9 cm³/mol. The van der Waals surface area contributed by atoms with Gasteiger partial charge in [0.25, 0.3) is 0 Å². The van der Waals surface area contributed by atoms with Gasteiger partial charge in [0, 0.05) is 45.2 Å². The molecule has 1 N–H and O–H groups in total. The van der Waals surface area contributed by atoms with E-state index in [2.05, 4.69) is 24.1 Å². The summed E-state index contributed by atoms with van der Waals surface area (Å²) in [5.41, 5.74) is 0. The standard InChI is InChI=1S/C17H32N4O3/c1-3-19(4-2)10-7-18-17(23)21-8-5-15(6-9-21)16(22)20-11-13-24-14-12-20/h15H,3-14H2,1-2H3,(H,18,23). The summed E-state index contributed by atoms with van der Waals surface area (Å²) in [6, 6.07) is -0.000530. The Labute approximate surface area is 145 Å². The van der Waals surface area contributed by atoms with Crippen LogP contribution in [-0.4, -0.2) is 92.2 Å². The van der Waals surface area contributed by atoms with E-state index in [1.807, 2.05) is 9.80 Å². The van der Waals surface area contributed by atoms with Gasteiger partial charge in [0.05, 0.1) is 13.2 Å². The molecule has 2 fully saturated rings. The monoisotopic (exact) mass is 340 g/mol. The Morgan fingerprint density at radius 3 is 2.25 bits per heavy atom. The Hall–Kier alpha value is -1.34. The summed E-state index contributed by atoms with van der Waals surface area (Å²) in [6.07, 6.45) is 1.53. The molecule has 0 saturated carbocycles. The van der Waals surface area contributed by atoms with E-state index in [1.54, 1.807) is 0 Å². The minimum atomic E-state index is -0.000530. The number of morpholine rings is 1. The van der Waals surface area contributed by atoms with Crippen molar-refractivity contribution in [3.63, 3.8) is 0 Å². The highest BCUT2D eigenvalue weighted by Crippen LogP contribution is 2.20. The van der Waals surface area contributed by atoms with Crippen LogP contribution in [0.5, 0.6) is 0 Å². The Morgan fingerprint density at radius 2 is 1.67 bits per heavy atom. The van der Waals surface area contributed by atoms with Crippen molar-refractivity contribution < 1.29 is 14.3 Å². The minimum Gasteiger partial charge on any atom is -0.378 e. The molecule has 3 amide bonds. The van der Waals surface area contributed by atoms with E-state index in [-0.39, 0.29) is 17.9 Å². The van der Waals surface area contributed by atoms with Crippen molar-refractivity contribution in [1.29, 1.82) is 0 Å². The third-order valence-corrected chi connectivity index (χ3v) is 5.05. The maximum absolute atomic E-state index is 12.5. The van der Waals surface area contributed by atoms with Crippen molar-refractivity contribution in [2.24, 2.45) is 5.92 Å². The van der Waals surface area contributed by atoms with E-state index < -0.39 is 0 Å². The lowest BCUT2D eigenvalue weighted by molar-refractivity contribution is -0.141. The molecule has 0 atom stereocenters. The molecule has 2 heterocycles. The average Bonchev–Trinajstić information content (AvgIpc) is 2.65. The van der Waals surface area contributed by atoms with Crippen LogP contribution >= 0.6 is 0 Å². The average molecular weight is 340 g/mol.